The van der Waals surface area contributed by atoms with Crippen LogP contribution in [0.5, 0.6) is 0 Å². The fourth-order valence-electron chi connectivity index (χ4n) is 1.66. The average molecular weight is 333 g/mol. The number of hydrogen-bond donors (Lipinski definition) is 1. The Morgan fingerprint density at radius 3 is 2.20 bits per heavy atom. The molecule has 104 valence electrons. The number of anilines is 1. The third-order valence-electron chi connectivity index (χ3n) is 2.62. The van der Waals surface area contributed by atoms with Gasteiger partial charge in [-0.25, -0.2) is 4.39 Å². The molecule has 0 atom stereocenters. The molecule has 0 aliphatic heterocycles. The molecule has 0 fully saturated rings. The molecule has 0 saturated heterocycles. The highest BCUT2D eigenvalue weighted by molar-refractivity contribution is 6.36. The molecule has 0 aromatic heterocycles. The number of rotatable bonds is 3. The van der Waals surface area contributed by atoms with Crippen LogP contribution in [-0.2, 0) is 11.2 Å². The number of benzene rings is 2. The molecule has 1 amide bonds. The van der Waals surface area contributed by atoms with Crippen LogP contribution < -0.4 is 5.32 Å². The van der Waals surface area contributed by atoms with Gasteiger partial charge in [0.05, 0.1) is 17.1 Å². The predicted molar refractivity (Wildman–Crippen MR) is 80.2 cm³/mol. The Balaban J connectivity index is 2.16. The lowest BCUT2D eigenvalue weighted by Gasteiger charge is -2.09. The molecule has 2 aromatic rings. The predicted octanol–water partition coefficient (Wildman–Crippen LogP) is 4.97. The van der Waals surface area contributed by atoms with Crippen molar-refractivity contribution in [1.82, 2.24) is 0 Å². The van der Waals surface area contributed by atoms with E-state index >= 15 is 0 Å². The molecule has 6 heteroatoms. The summed E-state index contributed by atoms with van der Waals surface area (Å²) < 4.78 is 13.7. The van der Waals surface area contributed by atoms with Gasteiger partial charge in [0, 0.05) is 10.0 Å². The van der Waals surface area contributed by atoms with E-state index in [-0.39, 0.29) is 17.1 Å². The van der Waals surface area contributed by atoms with Crippen molar-refractivity contribution in [1.29, 1.82) is 0 Å². The number of amides is 1. The highest BCUT2D eigenvalue weighted by Crippen LogP contribution is 2.26. The van der Waals surface area contributed by atoms with Crippen LogP contribution in [0.2, 0.25) is 15.1 Å². The third kappa shape index (κ3) is 3.42. The summed E-state index contributed by atoms with van der Waals surface area (Å²) in [5, 5.41) is 3.16. The van der Waals surface area contributed by atoms with Gasteiger partial charge in [0.2, 0.25) is 5.91 Å². The molecule has 20 heavy (non-hydrogen) atoms. The van der Waals surface area contributed by atoms with Crippen LogP contribution in [0.25, 0.3) is 0 Å². The second-order valence-corrected chi connectivity index (χ2v) is 5.25. The maximum Gasteiger partial charge on any atom is 0.228 e. The van der Waals surface area contributed by atoms with Crippen molar-refractivity contribution in [3.63, 3.8) is 0 Å². The van der Waals surface area contributed by atoms with E-state index < -0.39 is 11.7 Å². The van der Waals surface area contributed by atoms with Gasteiger partial charge in [0.25, 0.3) is 0 Å². The molecule has 0 spiro atoms. The minimum absolute atomic E-state index is 0.0191. The van der Waals surface area contributed by atoms with E-state index in [1.807, 2.05) is 0 Å². The molecule has 0 aliphatic rings. The Morgan fingerprint density at radius 1 is 1.00 bits per heavy atom. The Kier molecular flexibility index (Phi) is 4.86. The van der Waals surface area contributed by atoms with Crippen LogP contribution in [0, 0.1) is 5.82 Å². The van der Waals surface area contributed by atoms with E-state index in [0.717, 1.165) is 0 Å². The second-order valence-electron chi connectivity index (χ2n) is 4.03. The Hall–Kier alpha value is -1.29. The quantitative estimate of drug-likeness (QED) is 0.845. The van der Waals surface area contributed by atoms with E-state index in [0.29, 0.717) is 15.6 Å². The highest BCUT2D eigenvalue weighted by atomic mass is 35.5. The first-order valence-corrected chi connectivity index (χ1v) is 6.79. The Labute approximate surface area is 130 Å². The second kappa shape index (κ2) is 6.44. The van der Waals surface area contributed by atoms with Crippen molar-refractivity contribution in [2.45, 2.75) is 6.42 Å². The van der Waals surface area contributed by atoms with Gasteiger partial charge in [0.15, 0.2) is 5.82 Å². The monoisotopic (exact) mass is 331 g/mol. The number of carbonyl (C=O) groups excluding carboxylic acids is 1. The zero-order valence-corrected chi connectivity index (χ0v) is 12.4. The van der Waals surface area contributed by atoms with Crippen molar-refractivity contribution in [2.24, 2.45) is 0 Å². The van der Waals surface area contributed by atoms with Gasteiger partial charge in [-0.2, -0.15) is 0 Å². The molecule has 2 nitrogen and oxygen atoms in total. The number of halogens is 4. The third-order valence-corrected chi connectivity index (χ3v) is 3.62. The van der Waals surface area contributed by atoms with Gasteiger partial charge in [-0.05, 0) is 29.8 Å². The smallest absolute Gasteiger partial charge is 0.228 e. The lowest BCUT2D eigenvalue weighted by Crippen LogP contribution is -2.16. The van der Waals surface area contributed by atoms with Gasteiger partial charge in [-0.15, -0.1) is 0 Å². The lowest BCUT2D eigenvalue weighted by molar-refractivity contribution is -0.115. The normalized spacial score (nSPS) is 10.4. The molecule has 0 heterocycles. The maximum atomic E-state index is 13.7. The van der Waals surface area contributed by atoms with Gasteiger partial charge < -0.3 is 5.32 Å². The first-order chi connectivity index (χ1) is 9.49. The number of nitrogens with one attached hydrogen (secondary N) is 1. The maximum absolute atomic E-state index is 13.7. The molecule has 0 saturated carbocycles. The average Bonchev–Trinajstić information content (AvgIpc) is 2.39. The number of hydrogen-bond acceptors (Lipinski definition) is 1. The molecular formula is C14H9Cl3FNO. The lowest BCUT2D eigenvalue weighted by atomic mass is 10.1. The van der Waals surface area contributed by atoms with Gasteiger partial charge in [0.1, 0.15) is 0 Å². The van der Waals surface area contributed by atoms with E-state index in [4.69, 9.17) is 34.8 Å². The van der Waals surface area contributed by atoms with Crippen LogP contribution in [0.1, 0.15) is 5.56 Å². The van der Waals surface area contributed by atoms with Crippen molar-refractivity contribution in [2.75, 3.05) is 5.32 Å². The summed E-state index contributed by atoms with van der Waals surface area (Å²) in [5.74, 6) is -1.10. The molecule has 0 bridgehead atoms. The molecule has 0 radical (unpaired) electrons. The zero-order chi connectivity index (χ0) is 14.7. The fraction of sp³-hybridized carbons (Fsp3) is 0.0714. The summed E-state index contributed by atoms with van der Waals surface area (Å²) >= 11 is 17.6. The van der Waals surface area contributed by atoms with E-state index in [9.17, 15) is 9.18 Å². The summed E-state index contributed by atoms with van der Waals surface area (Å²) in [5.41, 5.74) is 0.515. The molecule has 0 unspecified atom stereocenters. The van der Waals surface area contributed by atoms with Crippen molar-refractivity contribution < 1.29 is 9.18 Å². The fourth-order valence-corrected chi connectivity index (χ4v) is 2.36. The van der Waals surface area contributed by atoms with E-state index in [1.54, 1.807) is 24.3 Å². The Bertz CT molecular complexity index is 641. The molecule has 0 aliphatic carbocycles. The SMILES string of the molecule is O=C(Cc1c(Cl)cccc1Cl)Nc1cccc(Cl)c1F. The van der Waals surface area contributed by atoms with E-state index in [2.05, 4.69) is 5.32 Å². The van der Waals surface area contributed by atoms with Crippen LogP contribution in [0.4, 0.5) is 10.1 Å². The molecular weight excluding hydrogens is 324 g/mol. The largest absolute Gasteiger partial charge is 0.323 e. The minimum atomic E-state index is -0.673. The molecule has 2 rings (SSSR count). The van der Waals surface area contributed by atoms with E-state index in [1.165, 1.54) is 12.1 Å². The highest BCUT2D eigenvalue weighted by Gasteiger charge is 2.13. The zero-order valence-electron chi connectivity index (χ0n) is 10.1. The topological polar surface area (TPSA) is 29.1 Å². The van der Waals surface area contributed by atoms with Crippen LogP contribution in [-0.4, -0.2) is 5.91 Å². The minimum Gasteiger partial charge on any atom is -0.323 e. The standard InChI is InChI=1S/C14H9Cl3FNO/c15-9-3-1-4-10(16)8(9)7-13(20)19-12-6-2-5-11(17)14(12)18/h1-6H,7H2,(H,19,20). The summed E-state index contributed by atoms with van der Waals surface area (Å²) in [6.07, 6.45) is -0.0511. The van der Waals surface area contributed by atoms with Crippen molar-refractivity contribution >= 4 is 46.4 Å². The summed E-state index contributed by atoms with van der Waals surface area (Å²) in [7, 11) is 0. The summed E-state index contributed by atoms with van der Waals surface area (Å²) in [6, 6.07) is 9.32. The summed E-state index contributed by atoms with van der Waals surface area (Å²) in [4.78, 5) is 11.9. The number of carbonyl (C=O) groups is 1. The van der Waals surface area contributed by atoms with Gasteiger partial charge in [-0.1, -0.05) is 46.9 Å². The van der Waals surface area contributed by atoms with Crippen molar-refractivity contribution in [3.8, 4) is 0 Å². The van der Waals surface area contributed by atoms with Gasteiger partial charge >= 0.3 is 0 Å². The first-order valence-electron chi connectivity index (χ1n) is 5.66. The van der Waals surface area contributed by atoms with Crippen LogP contribution in [0.3, 0.4) is 0 Å². The molecule has 1 N–H and O–H groups in total. The van der Waals surface area contributed by atoms with Gasteiger partial charge in [-0.3, -0.25) is 4.79 Å². The van der Waals surface area contributed by atoms with Crippen LogP contribution >= 0.6 is 34.8 Å². The van der Waals surface area contributed by atoms with Crippen LogP contribution in [0.15, 0.2) is 36.4 Å². The first kappa shape index (κ1) is 15.1. The Morgan fingerprint density at radius 2 is 1.55 bits per heavy atom. The molecule has 2 aromatic carbocycles. The summed E-state index contributed by atoms with van der Waals surface area (Å²) in [6.45, 7) is 0. The van der Waals surface area contributed by atoms with Crippen molar-refractivity contribution in [3.05, 3.63) is 62.8 Å².